The highest BCUT2D eigenvalue weighted by Gasteiger charge is 2.16. The highest BCUT2D eigenvalue weighted by molar-refractivity contribution is 8.00. The minimum Gasteiger partial charge on any atom is -0.326 e. The quantitative estimate of drug-likeness (QED) is 0.0573. The Morgan fingerprint density at radius 2 is 1.61 bits per heavy atom. The molecule has 0 aliphatic heterocycles. The van der Waals surface area contributed by atoms with Crippen molar-refractivity contribution in [3.8, 4) is 11.1 Å². The van der Waals surface area contributed by atoms with E-state index in [1.165, 1.54) is 24.1 Å². The predicted octanol–water partition coefficient (Wildman–Crippen LogP) is 8.74. The molecule has 3 aromatic carbocycles. The van der Waals surface area contributed by atoms with E-state index in [9.17, 15) is 14.4 Å². The second-order valence-corrected chi connectivity index (χ2v) is 9.24. The van der Waals surface area contributed by atoms with Crippen molar-refractivity contribution < 1.29 is 19.3 Å². The molecule has 3 rings (SSSR count). The van der Waals surface area contributed by atoms with Gasteiger partial charge in [0.2, 0.25) is 0 Å². The molecule has 0 aliphatic rings. The summed E-state index contributed by atoms with van der Waals surface area (Å²) in [5.41, 5.74) is 3.56. The van der Waals surface area contributed by atoms with Crippen LogP contribution in [0.5, 0.6) is 0 Å². The molecule has 0 spiro atoms. The Bertz CT molecular complexity index is 1130. The molecule has 0 aromatic heterocycles. The number of hydrogen-bond acceptors (Lipinski definition) is 5. The van der Waals surface area contributed by atoms with E-state index < -0.39 is 6.10 Å². The van der Waals surface area contributed by atoms with E-state index in [4.69, 9.17) is 0 Å². The smallest absolute Gasteiger partial charge is 0.165 e. The number of benzene rings is 3. The van der Waals surface area contributed by atoms with Crippen molar-refractivity contribution in [2.75, 3.05) is 4.72 Å². The number of Topliss-reactive ketones (excluding diaryl/α,β-unsaturated/α-hetero) is 1. The molecular weight excluding hydrogens is 473 g/mol. The molecule has 36 heavy (non-hydrogen) atoms. The summed E-state index contributed by atoms with van der Waals surface area (Å²) in [5.74, 6) is -0.309. The van der Waals surface area contributed by atoms with Crippen molar-refractivity contribution in [3.63, 3.8) is 0 Å². The number of unbranched alkanes of at least 4 members (excludes halogenated alkanes) is 1. The third kappa shape index (κ3) is 9.11. The van der Waals surface area contributed by atoms with Gasteiger partial charge in [-0.15, -0.1) is 0 Å². The van der Waals surface area contributed by atoms with Gasteiger partial charge in [-0.25, -0.2) is 9.28 Å². The van der Waals surface area contributed by atoms with Gasteiger partial charge in [0.25, 0.3) is 0 Å². The van der Waals surface area contributed by atoms with Crippen LogP contribution in [0.2, 0.25) is 0 Å². The average Bonchev–Trinajstić information content (AvgIpc) is 2.92. The number of nitrogens with one attached hydrogen (secondary N) is 1. The highest BCUT2D eigenvalue weighted by Crippen LogP contribution is 2.26. The SMILES string of the molecule is CC/C=C\C=C/CCCC(CC(=O)c1ccc(-c2ccc(NSc3ccc(F)cc3)cc2)cc1)OO. The monoisotopic (exact) mass is 505 g/mol. The summed E-state index contributed by atoms with van der Waals surface area (Å²) in [6.45, 7) is 2.09. The van der Waals surface area contributed by atoms with Gasteiger partial charge >= 0.3 is 0 Å². The van der Waals surface area contributed by atoms with E-state index in [0.717, 1.165) is 41.0 Å². The van der Waals surface area contributed by atoms with E-state index in [0.29, 0.717) is 12.0 Å². The summed E-state index contributed by atoms with van der Waals surface area (Å²) in [5, 5.41) is 9.22. The van der Waals surface area contributed by atoms with Gasteiger partial charge in [-0.3, -0.25) is 10.1 Å². The first kappa shape index (κ1) is 27.4. The average molecular weight is 506 g/mol. The Morgan fingerprint density at radius 3 is 2.25 bits per heavy atom. The van der Waals surface area contributed by atoms with Crippen molar-refractivity contribution in [2.45, 2.75) is 50.0 Å². The van der Waals surface area contributed by atoms with Gasteiger partial charge in [-0.1, -0.05) is 67.6 Å². The molecule has 0 radical (unpaired) electrons. The first-order valence-corrected chi connectivity index (χ1v) is 12.9. The zero-order valence-electron chi connectivity index (χ0n) is 20.4. The van der Waals surface area contributed by atoms with Crippen LogP contribution in [0.3, 0.4) is 0 Å². The lowest BCUT2D eigenvalue weighted by Gasteiger charge is -2.12. The number of carbonyl (C=O) groups excluding carboxylic acids is 1. The van der Waals surface area contributed by atoms with Crippen LogP contribution in [0.4, 0.5) is 10.1 Å². The number of ketones is 1. The third-order valence-electron chi connectivity index (χ3n) is 5.60. The standard InChI is InChI=1S/C30H32FNO3S/c1-2-3-4-5-6-7-8-9-28(35-34)22-30(33)25-12-10-23(11-13-25)24-14-18-27(19-15-24)32-36-29-20-16-26(31)17-21-29/h3-6,10-21,28,32,34H,2,7-9,22H2,1H3/b4-3-,6-5-. The van der Waals surface area contributed by atoms with Crippen molar-refractivity contribution in [2.24, 2.45) is 0 Å². The minimum absolute atomic E-state index is 0.0561. The van der Waals surface area contributed by atoms with Crippen LogP contribution in [-0.2, 0) is 4.89 Å². The number of hydrogen-bond donors (Lipinski definition) is 2. The third-order valence-corrected chi connectivity index (χ3v) is 6.45. The fourth-order valence-electron chi connectivity index (χ4n) is 3.57. The van der Waals surface area contributed by atoms with Crippen molar-refractivity contribution >= 4 is 23.4 Å². The van der Waals surface area contributed by atoms with Crippen LogP contribution < -0.4 is 4.72 Å². The summed E-state index contributed by atoms with van der Waals surface area (Å²) < 4.78 is 16.3. The normalized spacial score (nSPS) is 12.3. The van der Waals surface area contributed by atoms with Gasteiger partial charge in [0.15, 0.2) is 5.78 Å². The number of anilines is 1. The predicted molar refractivity (Wildman–Crippen MR) is 147 cm³/mol. The van der Waals surface area contributed by atoms with Gasteiger partial charge in [-0.05, 0) is 85.2 Å². The molecule has 4 nitrogen and oxygen atoms in total. The van der Waals surface area contributed by atoms with Gasteiger partial charge in [0.05, 0.1) is 6.10 Å². The van der Waals surface area contributed by atoms with Crippen LogP contribution in [0, 0.1) is 5.82 Å². The van der Waals surface area contributed by atoms with Gasteiger partial charge in [0.1, 0.15) is 5.82 Å². The minimum atomic E-state index is -0.510. The van der Waals surface area contributed by atoms with E-state index >= 15 is 0 Å². The molecule has 6 heteroatoms. The summed E-state index contributed by atoms with van der Waals surface area (Å²) in [6, 6.07) is 21.8. The number of rotatable bonds is 14. The van der Waals surface area contributed by atoms with Crippen molar-refractivity contribution in [1.82, 2.24) is 0 Å². The summed E-state index contributed by atoms with van der Waals surface area (Å²) in [7, 11) is 0. The summed E-state index contributed by atoms with van der Waals surface area (Å²) in [6.07, 6.45) is 11.2. The molecule has 1 unspecified atom stereocenters. The fraction of sp³-hybridized carbons (Fsp3) is 0.233. The second kappa shape index (κ2) is 15.0. The van der Waals surface area contributed by atoms with E-state index in [1.54, 1.807) is 12.1 Å². The molecule has 0 saturated carbocycles. The largest absolute Gasteiger partial charge is 0.326 e. The highest BCUT2D eigenvalue weighted by atomic mass is 32.2. The molecule has 0 aliphatic carbocycles. The summed E-state index contributed by atoms with van der Waals surface area (Å²) in [4.78, 5) is 18.2. The maximum Gasteiger partial charge on any atom is 0.165 e. The van der Waals surface area contributed by atoms with Crippen LogP contribution in [0.25, 0.3) is 11.1 Å². The zero-order chi connectivity index (χ0) is 25.6. The molecular formula is C30H32FNO3S. The summed E-state index contributed by atoms with van der Waals surface area (Å²) >= 11 is 1.42. The molecule has 0 fully saturated rings. The molecule has 0 bridgehead atoms. The number of halogens is 1. The Morgan fingerprint density at radius 1 is 0.972 bits per heavy atom. The molecule has 0 amide bonds. The van der Waals surface area contributed by atoms with E-state index in [1.807, 2.05) is 60.7 Å². The van der Waals surface area contributed by atoms with Crippen molar-refractivity contribution in [3.05, 3.63) is 108 Å². The first-order chi connectivity index (χ1) is 17.6. The first-order valence-electron chi connectivity index (χ1n) is 12.1. The lowest BCUT2D eigenvalue weighted by Crippen LogP contribution is -2.16. The second-order valence-electron chi connectivity index (χ2n) is 8.36. The Hall–Kier alpha value is -3.19. The van der Waals surface area contributed by atoms with Crippen LogP contribution in [0.1, 0.15) is 49.4 Å². The fourth-order valence-corrected chi connectivity index (χ4v) is 4.21. The maximum absolute atomic E-state index is 13.0. The molecule has 3 aromatic rings. The van der Waals surface area contributed by atoms with Crippen LogP contribution in [-0.4, -0.2) is 17.1 Å². The lowest BCUT2D eigenvalue weighted by atomic mass is 9.98. The number of carbonyl (C=O) groups is 1. The van der Waals surface area contributed by atoms with Gasteiger partial charge in [-0.2, -0.15) is 0 Å². The zero-order valence-corrected chi connectivity index (χ0v) is 21.2. The van der Waals surface area contributed by atoms with Gasteiger partial charge in [0, 0.05) is 22.6 Å². The molecule has 2 N–H and O–H groups in total. The lowest BCUT2D eigenvalue weighted by molar-refractivity contribution is -0.278. The van der Waals surface area contributed by atoms with Crippen LogP contribution >= 0.6 is 11.9 Å². The van der Waals surface area contributed by atoms with Crippen molar-refractivity contribution in [1.29, 1.82) is 0 Å². The maximum atomic E-state index is 13.0. The Kier molecular flexibility index (Phi) is 11.4. The van der Waals surface area contributed by atoms with Crippen LogP contribution in [0.15, 0.2) is 102 Å². The molecule has 188 valence electrons. The Labute approximate surface area is 217 Å². The molecule has 0 saturated heterocycles. The van der Waals surface area contributed by atoms with E-state index in [-0.39, 0.29) is 18.0 Å². The van der Waals surface area contributed by atoms with E-state index in [2.05, 4.69) is 28.7 Å². The molecule has 0 heterocycles. The Balaban J connectivity index is 1.48. The number of allylic oxidation sites excluding steroid dienone is 4. The molecule has 1 atom stereocenters. The topological polar surface area (TPSA) is 58.6 Å². The van der Waals surface area contributed by atoms with Gasteiger partial charge < -0.3 is 4.72 Å².